The fourth-order valence-corrected chi connectivity index (χ4v) is 3.20. The molecule has 1 aromatic heterocycles. The van der Waals surface area contributed by atoms with Crippen LogP contribution in [0.5, 0.6) is 5.75 Å². The van der Waals surface area contributed by atoms with Gasteiger partial charge >= 0.3 is 0 Å². The van der Waals surface area contributed by atoms with E-state index in [1.807, 2.05) is 30.3 Å². The average molecular weight is 385 g/mol. The molecule has 3 rings (SSSR count). The Labute approximate surface area is 159 Å². The second kappa shape index (κ2) is 8.41. The largest absolute Gasteiger partial charge is 0.484 e. The third-order valence-electron chi connectivity index (χ3n) is 3.51. The molecule has 0 aliphatic heterocycles. The van der Waals surface area contributed by atoms with Gasteiger partial charge in [0.05, 0.1) is 5.69 Å². The number of hydrogen-bond acceptors (Lipinski definition) is 5. The van der Waals surface area contributed by atoms with E-state index in [9.17, 15) is 14.0 Å². The number of ether oxygens (including phenoxy) is 1. The summed E-state index contributed by atoms with van der Waals surface area (Å²) in [6.07, 6.45) is 0. The lowest BCUT2D eigenvalue weighted by Gasteiger charge is -2.08. The first-order chi connectivity index (χ1) is 13.0. The second-order valence-corrected chi connectivity index (χ2v) is 6.55. The van der Waals surface area contributed by atoms with Gasteiger partial charge in [0.25, 0.3) is 11.8 Å². The Hall–Kier alpha value is -3.26. The van der Waals surface area contributed by atoms with Gasteiger partial charge in [-0.25, -0.2) is 9.37 Å². The maximum absolute atomic E-state index is 13.1. The molecule has 0 saturated carbocycles. The highest BCUT2D eigenvalue weighted by atomic mass is 32.1. The molecule has 0 bridgehead atoms. The number of aryl methyl sites for hydroxylation is 1. The van der Waals surface area contributed by atoms with Crippen LogP contribution in [0.2, 0.25) is 0 Å². The summed E-state index contributed by atoms with van der Waals surface area (Å²) in [4.78, 5) is 28.9. The normalized spacial score (nSPS) is 10.3. The summed E-state index contributed by atoms with van der Waals surface area (Å²) in [7, 11) is 0. The van der Waals surface area contributed by atoms with Crippen molar-refractivity contribution < 1.29 is 18.7 Å². The molecule has 0 unspecified atom stereocenters. The van der Waals surface area contributed by atoms with Gasteiger partial charge in [-0.2, -0.15) is 0 Å². The minimum Gasteiger partial charge on any atom is -0.484 e. The summed E-state index contributed by atoms with van der Waals surface area (Å²) < 4.78 is 18.2. The Morgan fingerprint density at radius 1 is 1.11 bits per heavy atom. The Bertz CT molecular complexity index is 960. The first-order valence-corrected chi connectivity index (χ1v) is 8.85. The molecule has 0 fully saturated rings. The number of halogens is 1. The lowest BCUT2D eigenvalue weighted by Crippen LogP contribution is -2.43. The molecule has 0 saturated heterocycles. The number of carbonyl (C=O) groups excluding carboxylic acids is 2. The lowest BCUT2D eigenvalue weighted by atomic mass is 10.2. The van der Waals surface area contributed by atoms with Gasteiger partial charge in [-0.15, -0.1) is 11.3 Å². The van der Waals surface area contributed by atoms with Crippen molar-refractivity contribution in [2.75, 3.05) is 6.61 Å². The van der Waals surface area contributed by atoms with Gasteiger partial charge in [0, 0.05) is 11.6 Å². The number of carbonyl (C=O) groups is 2. The van der Waals surface area contributed by atoms with Crippen LogP contribution in [0.3, 0.4) is 0 Å². The Morgan fingerprint density at radius 2 is 1.89 bits per heavy atom. The van der Waals surface area contributed by atoms with Crippen LogP contribution in [0.15, 0.2) is 54.6 Å². The third kappa shape index (κ3) is 4.89. The standard InChI is InChI=1S/C19H16FN3O3S/c1-12-17(27-19(21-12)13-6-3-2-4-7-13)18(25)23-22-16(24)11-26-15-9-5-8-14(20)10-15/h2-10H,11H2,1H3,(H,22,24)(H,23,25). The van der Waals surface area contributed by atoms with Crippen molar-refractivity contribution in [2.24, 2.45) is 0 Å². The molecular formula is C19H16FN3O3S. The Balaban J connectivity index is 1.54. The van der Waals surface area contributed by atoms with Gasteiger partial charge < -0.3 is 4.74 Å². The van der Waals surface area contributed by atoms with E-state index in [-0.39, 0.29) is 12.4 Å². The Kier molecular flexibility index (Phi) is 5.77. The minimum atomic E-state index is -0.571. The van der Waals surface area contributed by atoms with Crippen LogP contribution in [0.1, 0.15) is 15.4 Å². The molecule has 0 atom stereocenters. The SMILES string of the molecule is Cc1nc(-c2ccccc2)sc1C(=O)NNC(=O)COc1cccc(F)c1. The van der Waals surface area contributed by atoms with Crippen molar-refractivity contribution in [3.05, 3.63) is 71.0 Å². The van der Waals surface area contributed by atoms with Crippen LogP contribution >= 0.6 is 11.3 Å². The molecule has 2 N–H and O–H groups in total. The quantitative estimate of drug-likeness (QED) is 0.662. The van der Waals surface area contributed by atoms with E-state index in [0.717, 1.165) is 16.6 Å². The van der Waals surface area contributed by atoms with Crippen LogP contribution in [-0.4, -0.2) is 23.4 Å². The monoisotopic (exact) mass is 385 g/mol. The van der Waals surface area contributed by atoms with Gasteiger partial charge in [-0.05, 0) is 19.1 Å². The molecule has 3 aromatic rings. The van der Waals surface area contributed by atoms with E-state index in [0.29, 0.717) is 10.6 Å². The zero-order chi connectivity index (χ0) is 19.2. The van der Waals surface area contributed by atoms with Gasteiger partial charge in [0.1, 0.15) is 21.5 Å². The third-order valence-corrected chi connectivity index (χ3v) is 4.71. The molecule has 2 aromatic carbocycles. The second-order valence-electron chi connectivity index (χ2n) is 5.55. The van der Waals surface area contributed by atoms with Crippen molar-refractivity contribution in [3.8, 4) is 16.3 Å². The van der Waals surface area contributed by atoms with Crippen molar-refractivity contribution in [3.63, 3.8) is 0 Å². The number of aromatic nitrogens is 1. The van der Waals surface area contributed by atoms with E-state index in [1.165, 1.54) is 29.5 Å². The number of amides is 2. The smallest absolute Gasteiger partial charge is 0.281 e. The summed E-state index contributed by atoms with van der Waals surface area (Å²) in [5.41, 5.74) is 6.08. The lowest BCUT2D eigenvalue weighted by molar-refractivity contribution is -0.123. The number of nitrogens with zero attached hydrogens (tertiary/aromatic N) is 1. The van der Waals surface area contributed by atoms with E-state index < -0.39 is 17.6 Å². The van der Waals surface area contributed by atoms with E-state index >= 15 is 0 Å². The number of benzene rings is 2. The van der Waals surface area contributed by atoms with Crippen LogP contribution in [0.25, 0.3) is 10.6 Å². The van der Waals surface area contributed by atoms with Crippen molar-refractivity contribution in [1.29, 1.82) is 0 Å². The van der Waals surface area contributed by atoms with Crippen molar-refractivity contribution >= 4 is 23.2 Å². The first kappa shape index (κ1) is 18.5. The Morgan fingerprint density at radius 3 is 2.63 bits per heavy atom. The predicted molar refractivity (Wildman–Crippen MR) is 99.8 cm³/mol. The topological polar surface area (TPSA) is 80.3 Å². The fraction of sp³-hybridized carbons (Fsp3) is 0.105. The van der Waals surface area contributed by atoms with Crippen LogP contribution in [0, 0.1) is 12.7 Å². The molecule has 27 heavy (non-hydrogen) atoms. The molecule has 0 radical (unpaired) electrons. The van der Waals surface area contributed by atoms with Crippen molar-refractivity contribution in [1.82, 2.24) is 15.8 Å². The van der Waals surface area contributed by atoms with Gasteiger partial charge in [0.2, 0.25) is 0 Å². The molecule has 138 valence electrons. The van der Waals surface area contributed by atoms with Crippen LogP contribution in [0.4, 0.5) is 4.39 Å². The van der Waals surface area contributed by atoms with Crippen LogP contribution < -0.4 is 15.6 Å². The highest BCUT2D eigenvalue weighted by molar-refractivity contribution is 7.17. The first-order valence-electron chi connectivity index (χ1n) is 8.03. The summed E-state index contributed by atoms with van der Waals surface area (Å²) in [6, 6.07) is 14.9. The molecular weight excluding hydrogens is 369 g/mol. The van der Waals surface area contributed by atoms with Gasteiger partial charge in [-0.1, -0.05) is 36.4 Å². The van der Waals surface area contributed by atoms with Crippen molar-refractivity contribution in [2.45, 2.75) is 6.92 Å². The maximum atomic E-state index is 13.1. The number of hydrazine groups is 1. The minimum absolute atomic E-state index is 0.224. The summed E-state index contributed by atoms with van der Waals surface area (Å²) in [6.45, 7) is 1.37. The van der Waals surface area contributed by atoms with Crippen LogP contribution in [-0.2, 0) is 4.79 Å². The molecule has 1 heterocycles. The zero-order valence-electron chi connectivity index (χ0n) is 14.4. The average Bonchev–Trinajstić information content (AvgIpc) is 3.07. The maximum Gasteiger partial charge on any atom is 0.281 e. The number of rotatable bonds is 5. The summed E-state index contributed by atoms with van der Waals surface area (Å²) >= 11 is 1.24. The molecule has 0 aliphatic carbocycles. The fourth-order valence-electron chi connectivity index (χ4n) is 2.24. The molecule has 6 nitrogen and oxygen atoms in total. The van der Waals surface area contributed by atoms with E-state index in [2.05, 4.69) is 15.8 Å². The molecule has 8 heteroatoms. The van der Waals surface area contributed by atoms with Gasteiger partial charge in [-0.3, -0.25) is 20.4 Å². The zero-order valence-corrected chi connectivity index (χ0v) is 15.2. The summed E-state index contributed by atoms with van der Waals surface area (Å²) in [5.74, 6) is -1.28. The number of nitrogens with one attached hydrogen (secondary N) is 2. The molecule has 0 aliphatic rings. The number of hydrogen-bond donors (Lipinski definition) is 2. The van der Waals surface area contributed by atoms with E-state index in [4.69, 9.17) is 4.74 Å². The molecule has 2 amide bonds. The predicted octanol–water partition coefficient (Wildman–Crippen LogP) is 3.10. The summed E-state index contributed by atoms with van der Waals surface area (Å²) in [5, 5.41) is 0.721. The molecule has 0 spiro atoms. The number of thiazole rings is 1. The highest BCUT2D eigenvalue weighted by Crippen LogP contribution is 2.27. The highest BCUT2D eigenvalue weighted by Gasteiger charge is 2.16. The van der Waals surface area contributed by atoms with E-state index in [1.54, 1.807) is 6.92 Å². The van der Waals surface area contributed by atoms with Gasteiger partial charge in [0.15, 0.2) is 6.61 Å².